The van der Waals surface area contributed by atoms with Crippen molar-refractivity contribution in [3.05, 3.63) is 12.7 Å². The molecule has 0 saturated heterocycles. The van der Waals surface area contributed by atoms with E-state index in [1.54, 1.807) is 11.1 Å². The van der Waals surface area contributed by atoms with Gasteiger partial charge in [-0.1, -0.05) is 6.08 Å². The van der Waals surface area contributed by atoms with Gasteiger partial charge < -0.3 is 5.73 Å². The molecule has 4 heteroatoms. The summed E-state index contributed by atoms with van der Waals surface area (Å²) < 4.78 is 0. The van der Waals surface area contributed by atoms with Crippen LogP contribution in [-0.4, -0.2) is 42.6 Å². The molecule has 0 aliphatic rings. The van der Waals surface area contributed by atoms with E-state index < -0.39 is 0 Å². The largest absolute Gasteiger partial charge is 0.330 e. The number of nitrogens with zero attached hydrogens (tertiary/aromatic N) is 2. The first-order chi connectivity index (χ1) is 6.17. The van der Waals surface area contributed by atoms with Gasteiger partial charge in [0.1, 0.15) is 0 Å². The Kier molecular flexibility index (Phi) is 6.18. The number of amides is 1. The van der Waals surface area contributed by atoms with Gasteiger partial charge in [-0.25, -0.2) is 5.01 Å². The van der Waals surface area contributed by atoms with Crippen LogP contribution in [0.2, 0.25) is 0 Å². The van der Waals surface area contributed by atoms with Crippen LogP contribution in [0.15, 0.2) is 12.7 Å². The van der Waals surface area contributed by atoms with E-state index in [9.17, 15) is 4.79 Å². The van der Waals surface area contributed by atoms with Crippen LogP contribution in [-0.2, 0) is 4.79 Å². The second-order valence-electron chi connectivity index (χ2n) is 2.78. The van der Waals surface area contributed by atoms with Crippen LogP contribution >= 0.6 is 0 Å². The molecule has 0 aromatic rings. The molecule has 0 radical (unpaired) electrons. The Morgan fingerprint density at radius 3 is 2.62 bits per heavy atom. The van der Waals surface area contributed by atoms with Gasteiger partial charge >= 0.3 is 0 Å². The molecule has 0 bridgehead atoms. The number of hydrazine groups is 1. The molecule has 4 nitrogen and oxygen atoms in total. The van der Waals surface area contributed by atoms with Crippen LogP contribution in [0.25, 0.3) is 0 Å². The van der Waals surface area contributed by atoms with Crippen LogP contribution in [0.1, 0.15) is 13.3 Å². The van der Waals surface area contributed by atoms with E-state index in [2.05, 4.69) is 6.58 Å². The topological polar surface area (TPSA) is 49.6 Å². The van der Waals surface area contributed by atoms with Crippen molar-refractivity contribution < 1.29 is 4.79 Å². The van der Waals surface area contributed by atoms with Crippen molar-refractivity contribution in [1.29, 1.82) is 0 Å². The second kappa shape index (κ2) is 6.62. The average Bonchev–Trinajstić information content (AvgIpc) is 2.06. The quantitative estimate of drug-likeness (QED) is 0.475. The number of hydrogen-bond donors (Lipinski definition) is 1. The Balaban J connectivity index is 4.13. The average molecular weight is 185 g/mol. The first kappa shape index (κ1) is 12.1. The van der Waals surface area contributed by atoms with E-state index in [-0.39, 0.29) is 5.91 Å². The maximum absolute atomic E-state index is 11.5. The van der Waals surface area contributed by atoms with Crippen LogP contribution in [0.5, 0.6) is 0 Å². The smallest absolute Gasteiger partial charge is 0.238 e. The van der Waals surface area contributed by atoms with E-state index >= 15 is 0 Å². The van der Waals surface area contributed by atoms with Crippen LogP contribution in [0, 0.1) is 0 Å². The van der Waals surface area contributed by atoms with E-state index in [1.165, 1.54) is 0 Å². The fourth-order valence-electron chi connectivity index (χ4n) is 1.15. The summed E-state index contributed by atoms with van der Waals surface area (Å²) in [5.74, 6) is 0.0642. The highest BCUT2D eigenvalue weighted by Crippen LogP contribution is 1.97. The molecule has 1 amide bonds. The number of nitrogens with two attached hydrogens (primary N) is 1. The molecule has 0 spiro atoms. The summed E-state index contributed by atoms with van der Waals surface area (Å²) >= 11 is 0. The number of likely N-dealkylation sites (N-methyl/N-ethyl adjacent to an activating group) is 1. The molecule has 13 heavy (non-hydrogen) atoms. The van der Waals surface area contributed by atoms with E-state index in [0.29, 0.717) is 26.1 Å². The lowest BCUT2D eigenvalue weighted by Gasteiger charge is -2.30. The van der Waals surface area contributed by atoms with Gasteiger partial charge in [0, 0.05) is 33.1 Å². The maximum Gasteiger partial charge on any atom is 0.238 e. The zero-order valence-corrected chi connectivity index (χ0v) is 8.49. The van der Waals surface area contributed by atoms with Gasteiger partial charge in [0.25, 0.3) is 0 Å². The Morgan fingerprint density at radius 2 is 2.23 bits per heavy atom. The van der Waals surface area contributed by atoms with Crippen molar-refractivity contribution in [2.24, 2.45) is 5.73 Å². The summed E-state index contributed by atoms with van der Waals surface area (Å²) in [5.41, 5.74) is 5.31. The van der Waals surface area contributed by atoms with Crippen molar-refractivity contribution in [1.82, 2.24) is 10.0 Å². The third-order valence-electron chi connectivity index (χ3n) is 1.75. The molecule has 0 aromatic heterocycles. The lowest BCUT2D eigenvalue weighted by Crippen LogP contribution is -2.44. The fraction of sp³-hybridized carbons (Fsp3) is 0.667. The third kappa shape index (κ3) is 4.05. The van der Waals surface area contributed by atoms with Gasteiger partial charge in [-0.05, 0) is 6.92 Å². The molecular formula is C9H19N3O. The van der Waals surface area contributed by atoms with Crippen molar-refractivity contribution in [3.8, 4) is 0 Å². The Hall–Kier alpha value is -0.870. The summed E-state index contributed by atoms with van der Waals surface area (Å²) in [5, 5.41) is 3.51. The highest BCUT2D eigenvalue weighted by atomic mass is 16.2. The normalized spacial score (nSPS) is 10.2. The SMILES string of the molecule is C=CCN(C)N(CC)C(=O)CCN. The molecule has 0 heterocycles. The summed E-state index contributed by atoms with van der Waals surface area (Å²) in [6.45, 7) is 7.30. The van der Waals surface area contributed by atoms with Crippen molar-refractivity contribution in [2.75, 3.05) is 26.7 Å². The van der Waals surface area contributed by atoms with Gasteiger partial charge in [0.05, 0.1) is 0 Å². The second-order valence-corrected chi connectivity index (χ2v) is 2.78. The van der Waals surface area contributed by atoms with Gasteiger partial charge in [-0.15, -0.1) is 6.58 Å². The first-order valence-corrected chi connectivity index (χ1v) is 4.49. The van der Waals surface area contributed by atoms with Crippen molar-refractivity contribution in [2.45, 2.75) is 13.3 Å². The van der Waals surface area contributed by atoms with E-state index in [4.69, 9.17) is 5.73 Å². The Bertz CT molecular complexity index is 170. The maximum atomic E-state index is 11.5. The number of carbonyl (C=O) groups excluding carboxylic acids is 1. The molecule has 0 aliphatic carbocycles. The van der Waals surface area contributed by atoms with Crippen molar-refractivity contribution >= 4 is 5.91 Å². The predicted molar refractivity (Wildman–Crippen MR) is 53.9 cm³/mol. The number of rotatable bonds is 6. The van der Waals surface area contributed by atoms with Crippen LogP contribution in [0.4, 0.5) is 0 Å². The molecule has 0 aromatic carbocycles. The van der Waals surface area contributed by atoms with Crippen LogP contribution < -0.4 is 5.73 Å². The van der Waals surface area contributed by atoms with Gasteiger partial charge in [0.2, 0.25) is 5.91 Å². The monoisotopic (exact) mass is 185 g/mol. The molecule has 76 valence electrons. The molecule has 0 rings (SSSR count). The number of carbonyl (C=O) groups is 1. The molecule has 0 atom stereocenters. The van der Waals surface area contributed by atoms with Gasteiger partial charge in [-0.3, -0.25) is 9.80 Å². The summed E-state index contributed by atoms with van der Waals surface area (Å²) in [4.78, 5) is 11.5. The van der Waals surface area contributed by atoms with E-state index in [1.807, 2.05) is 19.0 Å². The predicted octanol–water partition coefficient (Wildman–Crippen LogP) is 0.217. The molecular weight excluding hydrogens is 166 g/mol. The summed E-state index contributed by atoms with van der Waals surface area (Å²) in [7, 11) is 1.86. The highest BCUT2D eigenvalue weighted by molar-refractivity contribution is 5.75. The molecule has 0 aliphatic heterocycles. The van der Waals surface area contributed by atoms with Gasteiger partial charge in [0.15, 0.2) is 0 Å². The zero-order chi connectivity index (χ0) is 10.3. The minimum Gasteiger partial charge on any atom is -0.330 e. The van der Waals surface area contributed by atoms with Crippen molar-refractivity contribution in [3.63, 3.8) is 0 Å². The van der Waals surface area contributed by atoms with Gasteiger partial charge in [-0.2, -0.15) is 0 Å². The summed E-state index contributed by atoms with van der Waals surface area (Å²) in [6.07, 6.45) is 2.16. The Morgan fingerprint density at radius 1 is 1.62 bits per heavy atom. The molecule has 2 N–H and O–H groups in total. The lowest BCUT2D eigenvalue weighted by molar-refractivity contribution is -0.145. The minimum atomic E-state index is 0.0642. The Labute approximate surface area is 80.0 Å². The van der Waals surface area contributed by atoms with Crippen LogP contribution in [0.3, 0.4) is 0 Å². The summed E-state index contributed by atoms with van der Waals surface area (Å²) in [6, 6.07) is 0. The minimum absolute atomic E-state index is 0.0642. The van der Waals surface area contributed by atoms with E-state index in [0.717, 1.165) is 0 Å². The fourth-order valence-corrected chi connectivity index (χ4v) is 1.15. The molecule has 0 fully saturated rings. The third-order valence-corrected chi connectivity index (χ3v) is 1.75. The lowest BCUT2D eigenvalue weighted by atomic mass is 10.4. The first-order valence-electron chi connectivity index (χ1n) is 4.49. The molecule has 0 unspecified atom stereocenters. The zero-order valence-electron chi connectivity index (χ0n) is 8.49. The molecule has 0 saturated carbocycles. The number of hydrogen-bond acceptors (Lipinski definition) is 3. The highest BCUT2D eigenvalue weighted by Gasteiger charge is 2.13. The standard InChI is InChI=1S/C9H19N3O/c1-4-8-11(3)12(5-2)9(13)6-7-10/h4H,1,5-8,10H2,2-3H3.